The Morgan fingerprint density at radius 2 is 1.90 bits per heavy atom. The highest BCUT2D eigenvalue weighted by molar-refractivity contribution is 7.92. The summed E-state index contributed by atoms with van der Waals surface area (Å²) in [6, 6.07) is 0. The first-order valence-corrected chi connectivity index (χ1v) is 13.9. The van der Waals surface area contributed by atoms with Crippen LogP contribution in [0.2, 0.25) is 0 Å². The number of fused-ring (bicyclic) bond motifs is 1. The van der Waals surface area contributed by atoms with Gasteiger partial charge in [0.15, 0.2) is 9.84 Å². The van der Waals surface area contributed by atoms with Gasteiger partial charge in [0, 0.05) is 6.26 Å². The molecule has 3 rings (SSSR count). The minimum atomic E-state index is -3.12. The lowest BCUT2D eigenvalue weighted by molar-refractivity contribution is 0.112. The Labute approximate surface area is 190 Å². The van der Waals surface area contributed by atoms with Crippen molar-refractivity contribution in [2.24, 2.45) is 23.2 Å². The van der Waals surface area contributed by atoms with Crippen molar-refractivity contribution in [1.29, 1.82) is 0 Å². The third kappa shape index (κ3) is 5.11. The molecule has 0 saturated heterocycles. The molecule has 0 radical (unpaired) electrons. The van der Waals surface area contributed by atoms with Gasteiger partial charge in [-0.2, -0.15) is 0 Å². The number of hydrogen-bond donors (Lipinski definition) is 1. The monoisotopic (exact) mass is 446 g/mol. The summed E-state index contributed by atoms with van der Waals surface area (Å²) in [7, 11) is -3.12. The molecule has 3 saturated carbocycles. The van der Waals surface area contributed by atoms with Gasteiger partial charge in [0.1, 0.15) is 0 Å². The van der Waals surface area contributed by atoms with Gasteiger partial charge in [0.2, 0.25) is 0 Å². The van der Waals surface area contributed by atoms with E-state index >= 15 is 0 Å². The van der Waals surface area contributed by atoms with Gasteiger partial charge >= 0.3 is 0 Å². The molecule has 0 heterocycles. The first kappa shape index (κ1) is 24.5. The van der Waals surface area contributed by atoms with Crippen molar-refractivity contribution in [3.05, 3.63) is 47.6 Å². The van der Waals surface area contributed by atoms with Crippen molar-refractivity contribution in [2.45, 2.75) is 89.9 Å². The van der Waals surface area contributed by atoms with E-state index in [1.807, 2.05) is 6.08 Å². The molecule has 3 aliphatic rings. The van der Waals surface area contributed by atoms with Crippen LogP contribution < -0.4 is 0 Å². The summed E-state index contributed by atoms with van der Waals surface area (Å²) in [6.45, 7) is 12.5. The zero-order valence-electron chi connectivity index (χ0n) is 20.2. The Morgan fingerprint density at radius 1 is 1.19 bits per heavy atom. The molecule has 1 N–H and O–H groups in total. The molecule has 3 unspecified atom stereocenters. The summed E-state index contributed by atoms with van der Waals surface area (Å²) in [5.41, 5.74) is 4.22. The van der Waals surface area contributed by atoms with Gasteiger partial charge in [-0.25, -0.2) is 8.42 Å². The number of hydrogen-bond acceptors (Lipinski definition) is 3. The lowest BCUT2D eigenvalue weighted by atomic mass is 9.61. The Bertz CT molecular complexity index is 889. The SMILES string of the molecule is C=C1CCC(O)C/C1=C/C=C1\CCC[C@]2(C)C(C(C)/C=C/C(C)(C)S(C)(=O)=O)CC[C@@H]12. The lowest BCUT2D eigenvalue weighted by Crippen LogP contribution is -2.36. The molecule has 0 aromatic heterocycles. The highest BCUT2D eigenvalue weighted by Gasteiger charge is 2.50. The predicted octanol–water partition coefficient (Wildman–Crippen LogP) is 6.17. The highest BCUT2D eigenvalue weighted by atomic mass is 32.2. The second-order valence-corrected chi connectivity index (χ2v) is 13.7. The molecule has 0 aliphatic heterocycles. The minimum absolute atomic E-state index is 0.230. The van der Waals surface area contributed by atoms with E-state index < -0.39 is 14.6 Å². The first-order chi connectivity index (χ1) is 14.3. The average Bonchev–Trinajstić information content (AvgIpc) is 3.03. The Morgan fingerprint density at radius 3 is 2.58 bits per heavy atom. The first-order valence-electron chi connectivity index (χ1n) is 12.0. The lowest BCUT2D eigenvalue weighted by Gasteiger charge is -2.44. The maximum atomic E-state index is 12.1. The molecule has 3 aliphatic carbocycles. The van der Waals surface area contributed by atoms with Gasteiger partial charge in [-0.3, -0.25) is 0 Å². The summed E-state index contributed by atoms with van der Waals surface area (Å²) in [6.07, 6.45) is 18.2. The van der Waals surface area contributed by atoms with Crippen molar-refractivity contribution >= 4 is 9.84 Å². The van der Waals surface area contributed by atoms with E-state index in [1.165, 1.54) is 43.1 Å². The van der Waals surface area contributed by atoms with Gasteiger partial charge < -0.3 is 5.11 Å². The smallest absolute Gasteiger partial charge is 0.156 e. The van der Waals surface area contributed by atoms with E-state index in [9.17, 15) is 13.5 Å². The van der Waals surface area contributed by atoms with E-state index in [0.29, 0.717) is 17.8 Å². The maximum Gasteiger partial charge on any atom is 0.156 e. The zero-order chi connectivity index (χ0) is 23.0. The Balaban J connectivity index is 1.78. The standard InChI is InChI=1S/C27H42O3S/c1-19-9-12-23(28)18-22(19)11-10-21-8-7-16-27(5)24(13-14-25(21)27)20(2)15-17-26(3,4)31(6,29)30/h10-11,15,17,20,23-25,28H,1,7-9,12-14,16,18H2,2-6H3/b17-15+,21-10+,22-11-/t20?,23?,24?,25-,27+/m0/s1. The van der Waals surface area contributed by atoms with E-state index in [1.54, 1.807) is 19.4 Å². The summed E-state index contributed by atoms with van der Waals surface area (Å²) in [5, 5.41) is 10.0. The Kier molecular flexibility index (Phi) is 7.13. The summed E-state index contributed by atoms with van der Waals surface area (Å²) in [5.74, 6) is 1.54. The van der Waals surface area contributed by atoms with E-state index in [4.69, 9.17) is 0 Å². The fourth-order valence-corrected chi connectivity index (χ4v) is 6.51. The second kappa shape index (κ2) is 9.02. The fraction of sp³-hybridized carbons (Fsp3) is 0.704. The molecule has 0 amide bonds. The van der Waals surface area contributed by atoms with Crippen LogP contribution in [0.3, 0.4) is 0 Å². The number of sulfone groups is 1. The summed E-state index contributed by atoms with van der Waals surface area (Å²) in [4.78, 5) is 0. The van der Waals surface area contributed by atoms with Crippen LogP contribution in [-0.2, 0) is 9.84 Å². The van der Waals surface area contributed by atoms with Crippen LogP contribution in [0, 0.1) is 23.2 Å². The zero-order valence-corrected chi connectivity index (χ0v) is 21.0. The third-order valence-electron chi connectivity index (χ3n) is 8.62. The van der Waals surface area contributed by atoms with Crippen molar-refractivity contribution in [3.8, 4) is 0 Å². The maximum absolute atomic E-state index is 12.1. The number of aliphatic hydroxyl groups is 1. The third-order valence-corrected chi connectivity index (χ3v) is 10.7. The minimum Gasteiger partial charge on any atom is -0.393 e. The van der Waals surface area contributed by atoms with Crippen LogP contribution in [0.25, 0.3) is 0 Å². The summed E-state index contributed by atoms with van der Waals surface area (Å²) < 4.78 is 23.3. The molecule has 3 nitrogen and oxygen atoms in total. The fourth-order valence-electron chi connectivity index (χ4n) is 6.18. The topological polar surface area (TPSA) is 54.4 Å². The summed E-state index contributed by atoms with van der Waals surface area (Å²) >= 11 is 0. The van der Waals surface area contributed by atoms with Crippen LogP contribution in [-0.4, -0.2) is 30.6 Å². The molecule has 0 bridgehead atoms. The molecule has 5 atom stereocenters. The molecule has 0 aromatic carbocycles. The van der Waals surface area contributed by atoms with Crippen molar-refractivity contribution in [2.75, 3.05) is 6.26 Å². The van der Waals surface area contributed by atoms with E-state index in [0.717, 1.165) is 25.7 Å². The molecule has 31 heavy (non-hydrogen) atoms. The van der Waals surface area contributed by atoms with Crippen molar-refractivity contribution < 1.29 is 13.5 Å². The average molecular weight is 447 g/mol. The highest BCUT2D eigenvalue weighted by Crippen LogP contribution is 2.59. The Hall–Kier alpha value is -1.13. The molecular formula is C27H42O3S. The van der Waals surface area contributed by atoms with Gasteiger partial charge in [0.05, 0.1) is 10.9 Å². The second-order valence-electron chi connectivity index (χ2n) is 11.1. The van der Waals surface area contributed by atoms with Gasteiger partial charge in [-0.1, -0.05) is 55.9 Å². The number of allylic oxidation sites excluding steroid dienone is 5. The molecule has 0 aromatic rings. The molecular weight excluding hydrogens is 404 g/mol. The molecule has 0 spiro atoms. The number of aliphatic hydroxyl groups excluding tert-OH is 1. The van der Waals surface area contributed by atoms with Crippen molar-refractivity contribution in [3.63, 3.8) is 0 Å². The van der Waals surface area contributed by atoms with Gasteiger partial charge in [-0.15, -0.1) is 0 Å². The van der Waals surface area contributed by atoms with Gasteiger partial charge in [-0.05, 0) is 94.0 Å². The van der Waals surface area contributed by atoms with Crippen LogP contribution in [0.4, 0.5) is 0 Å². The largest absolute Gasteiger partial charge is 0.393 e. The molecule has 174 valence electrons. The van der Waals surface area contributed by atoms with Gasteiger partial charge in [0.25, 0.3) is 0 Å². The van der Waals surface area contributed by atoms with E-state index in [-0.39, 0.29) is 11.5 Å². The van der Waals surface area contributed by atoms with Crippen LogP contribution in [0.5, 0.6) is 0 Å². The molecule has 3 fully saturated rings. The van der Waals surface area contributed by atoms with Crippen LogP contribution in [0.15, 0.2) is 47.6 Å². The number of rotatable bonds is 5. The van der Waals surface area contributed by atoms with Crippen molar-refractivity contribution in [1.82, 2.24) is 0 Å². The van der Waals surface area contributed by atoms with Crippen LogP contribution in [0.1, 0.15) is 79.1 Å². The normalized spacial score (nSPS) is 36.3. The quantitative estimate of drug-likeness (QED) is 0.514. The molecule has 4 heteroatoms. The van der Waals surface area contributed by atoms with Crippen LogP contribution >= 0.6 is 0 Å². The van der Waals surface area contributed by atoms with E-state index in [2.05, 4.69) is 38.7 Å². The predicted molar refractivity (Wildman–Crippen MR) is 131 cm³/mol.